The average molecular weight is 333 g/mol. The molecule has 3 aliphatic rings. The van der Waals surface area contributed by atoms with Crippen LogP contribution in [0.3, 0.4) is 0 Å². The Kier molecular flexibility index (Phi) is 4.08. The molecule has 0 N–H and O–H groups in total. The summed E-state index contributed by atoms with van der Waals surface area (Å²) < 4.78 is 29.6. The molecule has 0 saturated carbocycles. The van der Waals surface area contributed by atoms with Crippen molar-refractivity contribution in [2.75, 3.05) is 6.61 Å². The Morgan fingerprint density at radius 1 is 1.25 bits per heavy atom. The van der Waals surface area contributed by atoms with Gasteiger partial charge in [0.2, 0.25) is 6.29 Å². The van der Waals surface area contributed by atoms with Crippen LogP contribution in [0.15, 0.2) is 35.3 Å². The van der Waals surface area contributed by atoms with Gasteiger partial charge in [-0.05, 0) is 19.4 Å². The van der Waals surface area contributed by atoms with E-state index < -0.39 is 12.1 Å². The summed E-state index contributed by atoms with van der Waals surface area (Å²) in [6.45, 7) is 6.62. The number of benzene rings is 1. The van der Waals surface area contributed by atoms with Gasteiger partial charge < -0.3 is 23.7 Å². The molecule has 0 aromatic heterocycles. The fourth-order valence-corrected chi connectivity index (χ4v) is 3.44. The summed E-state index contributed by atoms with van der Waals surface area (Å²) >= 11 is 0. The fraction of sp³-hybridized carbons (Fsp3) is 0.611. The van der Waals surface area contributed by atoms with Gasteiger partial charge in [0.15, 0.2) is 11.7 Å². The summed E-state index contributed by atoms with van der Waals surface area (Å²) in [5.74, 6) is 0.0381. The second kappa shape index (κ2) is 6.11. The molecule has 24 heavy (non-hydrogen) atoms. The molecule has 5 atom stereocenters. The van der Waals surface area contributed by atoms with Gasteiger partial charge in [-0.2, -0.15) is 0 Å². The molecule has 1 aromatic carbocycles. The quantitative estimate of drug-likeness (QED) is 0.846. The summed E-state index contributed by atoms with van der Waals surface area (Å²) in [4.78, 5) is 4.55. The van der Waals surface area contributed by atoms with Gasteiger partial charge in [-0.3, -0.25) is 0 Å². The van der Waals surface area contributed by atoms with E-state index in [1.807, 2.05) is 51.1 Å². The van der Waals surface area contributed by atoms with Gasteiger partial charge >= 0.3 is 0 Å². The number of nitrogens with zero attached hydrogens (tertiary/aromatic N) is 1. The molecule has 0 unspecified atom stereocenters. The van der Waals surface area contributed by atoms with Gasteiger partial charge in [0.25, 0.3) is 0 Å². The number of fused-ring (bicyclic) bond motifs is 1. The maximum atomic E-state index is 6.20. The highest BCUT2D eigenvalue weighted by Gasteiger charge is 2.55. The SMILES string of the molecule is CC1=N[C@H]2[C@@H](O1)O[C@H]([C@H]1COC(C)(C)O1)[C@@H]2OCc1ccccc1. The summed E-state index contributed by atoms with van der Waals surface area (Å²) in [5.41, 5.74) is 1.11. The van der Waals surface area contributed by atoms with Crippen LogP contribution in [0, 0.1) is 0 Å². The predicted molar refractivity (Wildman–Crippen MR) is 86.6 cm³/mol. The maximum Gasteiger partial charge on any atom is 0.227 e. The van der Waals surface area contributed by atoms with E-state index in [-0.39, 0.29) is 24.4 Å². The van der Waals surface area contributed by atoms with Crippen molar-refractivity contribution in [3.05, 3.63) is 35.9 Å². The molecule has 0 amide bonds. The van der Waals surface area contributed by atoms with Crippen LogP contribution in [-0.2, 0) is 30.3 Å². The van der Waals surface area contributed by atoms with Crippen molar-refractivity contribution in [3.63, 3.8) is 0 Å². The molecular formula is C18H23NO5. The van der Waals surface area contributed by atoms with E-state index in [1.165, 1.54) is 0 Å². The molecule has 0 bridgehead atoms. The molecule has 2 fully saturated rings. The Morgan fingerprint density at radius 3 is 2.75 bits per heavy atom. The van der Waals surface area contributed by atoms with Gasteiger partial charge in [0.1, 0.15) is 24.4 Å². The van der Waals surface area contributed by atoms with Crippen molar-refractivity contribution in [1.29, 1.82) is 0 Å². The Labute approximate surface area is 141 Å². The van der Waals surface area contributed by atoms with E-state index >= 15 is 0 Å². The van der Waals surface area contributed by atoms with Crippen molar-refractivity contribution in [1.82, 2.24) is 0 Å². The average Bonchev–Trinajstić information content (AvgIpc) is 3.18. The molecule has 1 aromatic rings. The van der Waals surface area contributed by atoms with Gasteiger partial charge in [0.05, 0.1) is 13.2 Å². The first-order valence-corrected chi connectivity index (χ1v) is 8.36. The van der Waals surface area contributed by atoms with Crippen LogP contribution in [0.4, 0.5) is 0 Å². The summed E-state index contributed by atoms with van der Waals surface area (Å²) in [6, 6.07) is 9.92. The van der Waals surface area contributed by atoms with E-state index in [1.54, 1.807) is 0 Å². The predicted octanol–water partition coefficient (Wildman–Crippen LogP) is 2.27. The zero-order chi connectivity index (χ0) is 16.7. The number of hydrogen-bond acceptors (Lipinski definition) is 6. The molecule has 3 aliphatic heterocycles. The van der Waals surface area contributed by atoms with Crippen LogP contribution < -0.4 is 0 Å². The Hall–Kier alpha value is -1.47. The molecule has 130 valence electrons. The Morgan fingerprint density at radius 2 is 2.04 bits per heavy atom. The Bertz CT molecular complexity index is 617. The van der Waals surface area contributed by atoms with E-state index in [4.69, 9.17) is 23.7 Å². The molecule has 2 saturated heterocycles. The number of rotatable bonds is 4. The van der Waals surface area contributed by atoms with Crippen molar-refractivity contribution in [2.45, 2.75) is 63.8 Å². The van der Waals surface area contributed by atoms with Gasteiger partial charge in [-0.25, -0.2) is 4.99 Å². The first kappa shape index (κ1) is 16.0. The number of ether oxygens (including phenoxy) is 5. The van der Waals surface area contributed by atoms with E-state index in [0.29, 0.717) is 19.1 Å². The van der Waals surface area contributed by atoms with Crippen molar-refractivity contribution < 1.29 is 23.7 Å². The van der Waals surface area contributed by atoms with E-state index in [9.17, 15) is 0 Å². The first-order chi connectivity index (χ1) is 11.5. The smallest absolute Gasteiger partial charge is 0.227 e. The highest BCUT2D eigenvalue weighted by Crippen LogP contribution is 2.37. The van der Waals surface area contributed by atoms with Gasteiger partial charge in [0, 0.05) is 6.92 Å². The zero-order valence-electron chi connectivity index (χ0n) is 14.2. The van der Waals surface area contributed by atoms with Gasteiger partial charge in [-0.1, -0.05) is 30.3 Å². The van der Waals surface area contributed by atoms with Crippen LogP contribution in [0.1, 0.15) is 26.3 Å². The second-order valence-electron chi connectivity index (χ2n) is 6.85. The largest absolute Gasteiger partial charge is 0.450 e. The van der Waals surface area contributed by atoms with E-state index in [2.05, 4.69) is 4.99 Å². The maximum absolute atomic E-state index is 6.20. The third-order valence-electron chi connectivity index (χ3n) is 4.53. The van der Waals surface area contributed by atoms with Crippen LogP contribution in [0.5, 0.6) is 0 Å². The second-order valence-corrected chi connectivity index (χ2v) is 6.85. The summed E-state index contributed by atoms with van der Waals surface area (Å²) in [5, 5.41) is 0. The highest BCUT2D eigenvalue weighted by molar-refractivity contribution is 5.75. The van der Waals surface area contributed by atoms with Gasteiger partial charge in [-0.15, -0.1) is 0 Å². The lowest BCUT2D eigenvalue weighted by Crippen LogP contribution is -2.42. The topological polar surface area (TPSA) is 58.5 Å². The third kappa shape index (κ3) is 3.07. The molecule has 3 heterocycles. The number of hydrogen-bond donors (Lipinski definition) is 0. The molecule has 0 radical (unpaired) electrons. The normalized spacial score (nSPS) is 37.1. The zero-order valence-corrected chi connectivity index (χ0v) is 14.2. The van der Waals surface area contributed by atoms with Crippen LogP contribution >= 0.6 is 0 Å². The van der Waals surface area contributed by atoms with E-state index in [0.717, 1.165) is 5.56 Å². The van der Waals surface area contributed by atoms with Crippen molar-refractivity contribution in [3.8, 4) is 0 Å². The lowest BCUT2D eigenvalue weighted by Gasteiger charge is -2.26. The standard InChI is InChI=1S/C18H23NO5/c1-11-19-14-16(20-9-12-7-5-4-6-8-12)15(23-17(14)22-11)13-10-21-18(2,3)24-13/h4-8,13-17H,9-10H2,1-3H3/t13-,14-,15-,16-,17+/m1/s1. The molecular weight excluding hydrogens is 310 g/mol. The fourth-order valence-electron chi connectivity index (χ4n) is 3.44. The molecule has 4 rings (SSSR count). The van der Waals surface area contributed by atoms with Crippen LogP contribution in [0.2, 0.25) is 0 Å². The summed E-state index contributed by atoms with van der Waals surface area (Å²) in [6.07, 6.45) is -1.08. The molecule has 0 spiro atoms. The third-order valence-corrected chi connectivity index (χ3v) is 4.53. The minimum Gasteiger partial charge on any atom is -0.450 e. The highest BCUT2D eigenvalue weighted by atomic mass is 16.8. The van der Waals surface area contributed by atoms with Crippen molar-refractivity contribution >= 4 is 5.90 Å². The lowest BCUT2D eigenvalue weighted by atomic mass is 10.0. The molecule has 6 nitrogen and oxygen atoms in total. The lowest BCUT2D eigenvalue weighted by molar-refractivity contribution is -0.175. The minimum absolute atomic E-state index is 0.161. The molecule has 6 heteroatoms. The monoisotopic (exact) mass is 333 g/mol. The minimum atomic E-state index is -0.601. The van der Waals surface area contributed by atoms with Crippen LogP contribution in [0.25, 0.3) is 0 Å². The summed E-state index contributed by atoms with van der Waals surface area (Å²) in [7, 11) is 0. The first-order valence-electron chi connectivity index (χ1n) is 8.36. The van der Waals surface area contributed by atoms with Crippen LogP contribution in [-0.4, -0.2) is 48.9 Å². The Balaban J connectivity index is 1.50. The molecule has 0 aliphatic carbocycles. The number of aliphatic imine (C=N–C) groups is 1. The van der Waals surface area contributed by atoms with Crippen molar-refractivity contribution in [2.24, 2.45) is 4.99 Å².